The lowest BCUT2D eigenvalue weighted by Crippen LogP contribution is -2.24. The molecule has 3 rings (SSSR count). The van der Waals surface area contributed by atoms with Gasteiger partial charge < -0.3 is 14.2 Å². The molecule has 5 heteroatoms. The summed E-state index contributed by atoms with van der Waals surface area (Å²) in [5, 5.41) is 0. The lowest BCUT2D eigenvalue weighted by molar-refractivity contribution is 0.323. The largest absolute Gasteiger partial charge is 0.493 e. The van der Waals surface area contributed by atoms with E-state index in [0.717, 1.165) is 10.0 Å². The van der Waals surface area contributed by atoms with Crippen LogP contribution in [0.15, 0.2) is 33.3 Å². The maximum absolute atomic E-state index is 5.55. The molecule has 0 amide bonds. The van der Waals surface area contributed by atoms with Crippen LogP contribution in [0.5, 0.6) is 17.2 Å². The molecule has 1 unspecified atom stereocenters. The summed E-state index contributed by atoms with van der Waals surface area (Å²) in [5.74, 6) is 2.50. The third kappa shape index (κ3) is 3.83. The summed E-state index contributed by atoms with van der Waals surface area (Å²) in [6.07, 6.45) is 14.8. The minimum Gasteiger partial charge on any atom is -0.493 e. The van der Waals surface area contributed by atoms with E-state index >= 15 is 0 Å². The third-order valence-corrected chi connectivity index (χ3v) is 6.00. The zero-order valence-electron chi connectivity index (χ0n) is 15.6. The number of hydrogen-bond acceptors (Lipinski definition) is 4. The Bertz CT molecular complexity index is 733. The molecule has 1 aromatic rings. The predicted octanol–water partition coefficient (Wildman–Crippen LogP) is 5.45. The molecule has 1 aliphatic heterocycles. The highest BCUT2D eigenvalue weighted by Gasteiger charge is 2.26. The van der Waals surface area contributed by atoms with Crippen molar-refractivity contribution in [3.63, 3.8) is 0 Å². The van der Waals surface area contributed by atoms with Crippen molar-refractivity contribution in [1.82, 2.24) is 0 Å². The first-order valence-electron chi connectivity index (χ1n) is 9.09. The van der Waals surface area contributed by atoms with E-state index < -0.39 is 0 Å². The molecule has 1 aliphatic carbocycles. The van der Waals surface area contributed by atoms with Gasteiger partial charge in [0.1, 0.15) is 0 Å². The van der Waals surface area contributed by atoms with Crippen molar-refractivity contribution in [1.29, 1.82) is 0 Å². The molecule has 0 bridgehead atoms. The summed E-state index contributed by atoms with van der Waals surface area (Å²) >= 11 is 3.67. The van der Waals surface area contributed by atoms with Gasteiger partial charge in [-0.2, -0.15) is 0 Å². The van der Waals surface area contributed by atoms with Crippen molar-refractivity contribution in [3.8, 4) is 17.2 Å². The van der Waals surface area contributed by atoms with E-state index in [1.54, 1.807) is 21.3 Å². The van der Waals surface area contributed by atoms with Gasteiger partial charge in [-0.1, -0.05) is 25.3 Å². The summed E-state index contributed by atoms with van der Waals surface area (Å²) < 4.78 is 17.4. The van der Waals surface area contributed by atoms with Crippen LogP contribution in [0.25, 0.3) is 6.08 Å². The van der Waals surface area contributed by atoms with Gasteiger partial charge in [-0.15, -0.1) is 0 Å². The zero-order valence-corrected chi connectivity index (χ0v) is 17.2. The number of dihydropyridines is 1. The Hall–Kier alpha value is -1.75. The van der Waals surface area contributed by atoms with Crippen LogP contribution in [0.3, 0.4) is 0 Å². The van der Waals surface area contributed by atoms with Crippen LogP contribution in [-0.4, -0.2) is 33.6 Å². The molecular formula is C21H26BrNO3. The Morgan fingerprint density at radius 1 is 1.04 bits per heavy atom. The second-order valence-electron chi connectivity index (χ2n) is 6.69. The second-order valence-corrected chi connectivity index (χ2v) is 7.49. The van der Waals surface area contributed by atoms with Gasteiger partial charge in [-0.3, -0.25) is 4.99 Å². The number of nitrogens with zero attached hydrogens (tertiary/aromatic N) is 1. The summed E-state index contributed by atoms with van der Waals surface area (Å²) in [6.45, 7) is 0. The summed E-state index contributed by atoms with van der Waals surface area (Å²) in [4.78, 5) is 4.80. The Morgan fingerprint density at radius 3 is 2.42 bits per heavy atom. The number of hydrogen-bond donors (Lipinski definition) is 0. The van der Waals surface area contributed by atoms with E-state index in [0.29, 0.717) is 23.2 Å². The topological polar surface area (TPSA) is 40.0 Å². The molecule has 1 atom stereocenters. The Labute approximate surface area is 164 Å². The minimum absolute atomic E-state index is 0.228. The van der Waals surface area contributed by atoms with Crippen LogP contribution in [0.2, 0.25) is 0 Å². The van der Waals surface area contributed by atoms with Gasteiger partial charge in [-0.05, 0) is 64.0 Å². The lowest BCUT2D eigenvalue weighted by Gasteiger charge is -2.29. The van der Waals surface area contributed by atoms with Crippen LogP contribution in [0.1, 0.15) is 37.7 Å². The average molecular weight is 420 g/mol. The van der Waals surface area contributed by atoms with E-state index in [1.165, 1.54) is 37.7 Å². The number of benzene rings is 1. The summed E-state index contributed by atoms with van der Waals surface area (Å²) in [5.41, 5.74) is 2.23. The van der Waals surface area contributed by atoms with Gasteiger partial charge in [0.2, 0.25) is 5.75 Å². The highest BCUT2D eigenvalue weighted by Crippen LogP contribution is 2.46. The normalized spacial score (nSPS) is 21.8. The molecule has 1 saturated carbocycles. The van der Waals surface area contributed by atoms with Crippen molar-refractivity contribution >= 4 is 28.2 Å². The van der Waals surface area contributed by atoms with Crippen LogP contribution in [0.4, 0.5) is 0 Å². The standard InChI is InChI=1S/C21H26BrNO3/c1-24-17-13-16(18(22)21(26-3)20(17)25-2)12-15-10-7-11-23-19(15)14-8-5-4-6-9-14/h7,10-14,19H,4-6,8-9H2,1-3H3. The molecule has 4 nitrogen and oxygen atoms in total. The first-order chi connectivity index (χ1) is 12.7. The number of ether oxygens (including phenoxy) is 3. The van der Waals surface area contributed by atoms with Crippen molar-refractivity contribution < 1.29 is 14.2 Å². The predicted molar refractivity (Wildman–Crippen MR) is 110 cm³/mol. The van der Waals surface area contributed by atoms with Crippen LogP contribution in [0, 0.1) is 5.92 Å². The minimum atomic E-state index is 0.228. The molecule has 26 heavy (non-hydrogen) atoms. The second kappa shape index (κ2) is 8.76. The lowest BCUT2D eigenvalue weighted by atomic mass is 9.80. The fourth-order valence-corrected chi connectivity index (χ4v) is 4.45. The van der Waals surface area contributed by atoms with Gasteiger partial charge >= 0.3 is 0 Å². The summed E-state index contributed by atoms with van der Waals surface area (Å²) in [7, 11) is 4.88. The van der Waals surface area contributed by atoms with E-state index in [4.69, 9.17) is 19.2 Å². The zero-order chi connectivity index (χ0) is 18.5. The third-order valence-electron chi connectivity index (χ3n) is 5.18. The fraction of sp³-hybridized carbons (Fsp3) is 0.476. The maximum Gasteiger partial charge on any atom is 0.204 e. The van der Waals surface area contributed by atoms with Crippen molar-refractivity contribution in [2.24, 2.45) is 10.9 Å². The highest BCUT2D eigenvalue weighted by molar-refractivity contribution is 9.10. The average Bonchev–Trinajstić information content (AvgIpc) is 2.70. The van der Waals surface area contributed by atoms with Crippen LogP contribution >= 0.6 is 15.9 Å². The number of aliphatic imine (C=N–C) groups is 1. The van der Waals surface area contributed by atoms with E-state index in [2.05, 4.69) is 28.1 Å². The van der Waals surface area contributed by atoms with E-state index in [1.807, 2.05) is 18.4 Å². The first kappa shape index (κ1) is 19.0. The van der Waals surface area contributed by atoms with Gasteiger partial charge in [0, 0.05) is 6.21 Å². The molecule has 0 N–H and O–H groups in total. The number of halogens is 1. The molecular weight excluding hydrogens is 394 g/mol. The SMILES string of the molecule is COc1cc(C=C2C=CC=NC2C2CCCCC2)c(Br)c(OC)c1OC. The molecule has 1 aromatic carbocycles. The molecule has 1 heterocycles. The van der Waals surface area contributed by atoms with Gasteiger partial charge in [0.05, 0.1) is 31.8 Å². The highest BCUT2D eigenvalue weighted by atomic mass is 79.9. The van der Waals surface area contributed by atoms with Crippen molar-refractivity contribution in [2.45, 2.75) is 38.1 Å². The van der Waals surface area contributed by atoms with Gasteiger partial charge in [0.15, 0.2) is 11.5 Å². The van der Waals surface area contributed by atoms with Crippen LogP contribution < -0.4 is 14.2 Å². The van der Waals surface area contributed by atoms with Crippen molar-refractivity contribution in [2.75, 3.05) is 21.3 Å². The van der Waals surface area contributed by atoms with Gasteiger partial charge in [0.25, 0.3) is 0 Å². The number of rotatable bonds is 5. The Kier molecular flexibility index (Phi) is 6.41. The molecule has 0 saturated heterocycles. The molecule has 0 aromatic heterocycles. The molecule has 2 aliphatic rings. The van der Waals surface area contributed by atoms with E-state index in [9.17, 15) is 0 Å². The smallest absolute Gasteiger partial charge is 0.204 e. The molecule has 140 valence electrons. The Balaban J connectivity index is 2.01. The van der Waals surface area contributed by atoms with Gasteiger partial charge in [-0.25, -0.2) is 0 Å². The van der Waals surface area contributed by atoms with Crippen LogP contribution in [-0.2, 0) is 0 Å². The van der Waals surface area contributed by atoms with E-state index in [-0.39, 0.29) is 6.04 Å². The first-order valence-corrected chi connectivity index (χ1v) is 9.88. The number of allylic oxidation sites excluding steroid dienone is 1. The monoisotopic (exact) mass is 419 g/mol. The molecule has 0 spiro atoms. The molecule has 0 radical (unpaired) electrons. The van der Waals surface area contributed by atoms with Crippen molar-refractivity contribution in [3.05, 3.63) is 33.8 Å². The maximum atomic E-state index is 5.55. The quantitative estimate of drug-likeness (QED) is 0.636. The fourth-order valence-electron chi connectivity index (χ4n) is 3.88. The molecule has 1 fully saturated rings. The number of methoxy groups -OCH3 is 3. The Morgan fingerprint density at radius 2 is 1.77 bits per heavy atom. The summed E-state index contributed by atoms with van der Waals surface area (Å²) in [6, 6.07) is 2.20.